The van der Waals surface area contributed by atoms with Gasteiger partial charge < -0.3 is 14.4 Å². The zero-order valence-corrected chi connectivity index (χ0v) is 8.30. The molecule has 1 unspecified atom stereocenters. The fourth-order valence-electron chi connectivity index (χ4n) is 0.517. The fourth-order valence-corrected chi connectivity index (χ4v) is 1.55. The highest BCUT2D eigenvalue weighted by atomic mass is 31.2. The Labute approximate surface area is 68.1 Å². The van der Waals surface area contributed by atoms with E-state index in [0.29, 0.717) is 6.16 Å². The van der Waals surface area contributed by atoms with Crippen molar-refractivity contribution in [1.29, 1.82) is 0 Å². The van der Waals surface area contributed by atoms with Crippen LogP contribution in [0.1, 0.15) is 20.8 Å². The molecule has 0 aromatic heterocycles. The molecule has 0 aliphatic heterocycles. The molecule has 0 heterocycles. The van der Waals surface area contributed by atoms with E-state index in [-0.39, 0.29) is 18.8 Å². The van der Waals surface area contributed by atoms with E-state index in [1.54, 1.807) is 6.92 Å². The molecule has 4 heteroatoms. The lowest BCUT2D eigenvalue weighted by Crippen LogP contribution is -2.07. The molecule has 1 N–H and O–H groups in total. The van der Waals surface area contributed by atoms with Crippen LogP contribution in [0.15, 0.2) is 0 Å². The average Bonchev–Trinajstić information content (AvgIpc) is 2.00. The maximum absolute atomic E-state index is 11.5. The van der Waals surface area contributed by atoms with Gasteiger partial charge in [-0.1, -0.05) is 6.92 Å². The van der Waals surface area contributed by atoms with Gasteiger partial charge in [0.25, 0.3) is 0 Å². The summed E-state index contributed by atoms with van der Waals surface area (Å²) >= 11 is 0. The number of hydrogen-bond donors (Lipinski definition) is 1. The van der Waals surface area contributed by atoms with Crippen LogP contribution in [0.4, 0.5) is 0 Å². The Balaban J connectivity index is 3.79. The number of aliphatic hydroxyl groups excluding tert-OH is 1. The van der Waals surface area contributed by atoms with Crippen molar-refractivity contribution in [1.82, 2.24) is 0 Å². The third kappa shape index (κ3) is 4.57. The molecule has 0 radical (unpaired) electrons. The highest BCUT2D eigenvalue weighted by molar-refractivity contribution is 7.63. The van der Waals surface area contributed by atoms with E-state index in [4.69, 9.17) is 9.84 Å². The molecule has 1 atom stereocenters. The third-order valence-electron chi connectivity index (χ3n) is 1.48. The van der Waals surface area contributed by atoms with Crippen LogP contribution in [0.5, 0.6) is 0 Å². The number of ether oxygens (including phenoxy) is 1. The van der Waals surface area contributed by atoms with E-state index in [0.717, 1.165) is 0 Å². The zero-order chi connectivity index (χ0) is 8.91. The highest BCUT2D eigenvalue weighted by Gasteiger charge is 2.18. The van der Waals surface area contributed by atoms with Crippen molar-refractivity contribution in [3.63, 3.8) is 0 Å². The molecule has 0 rings (SSSR count). The predicted molar refractivity (Wildman–Crippen MR) is 46.3 cm³/mol. The molecule has 0 saturated carbocycles. The van der Waals surface area contributed by atoms with Crippen LogP contribution in [-0.4, -0.2) is 30.1 Å². The normalized spacial score (nSPS) is 16.8. The lowest BCUT2D eigenvalue weighted by atomic mass is 10.5. The van der Waals surface area contributed by atoms with Gasteiger partial charge in [-0.05, 0) is 13.8 Å². The van der Waals surface area contributed by atoms with E-state index in [1.165, 1.54) is 0 Å². The molecule has 68 valence electrons. The van der Waals surface area contributed by atoms with Gasteiger partial charge in [-0.3, -0.25) is 0 Å². The first kappa shape index (κ1) is 11.2. The van der Waals surface area contributed by atoms with Gasteiger partial charge in [-0.2, -0.15) is 0 Å². The minimum atomic E-state index is -2.40. The first-order valence-electron chi connectivity index (χ1n) is 3.83. The van der Waals surface area contributed by atoms with Gasteiger partial charge in [-0.15, -0.1) is 0 Å². The second-order valence-electron chi connectivity index (χ2n) is 2.86. The molecule has 0 aromatic rings. The monoisotopic (exact) mass is 180 g/mol. The number of rotatable bonds is 5. The quantitative estimate of drug-likeness (QED) is 0.655. The van der Waals surface area contributed by atoms with Gasteiger partial charge in [0.15, 0.2) is 0 Å². The SMILES string of the molecule is CCP(=O)(CO)COC(C)C. The van der Waals surface area contributed by atoms with Gasteiger partial charge in [0.2, 0.25) is 0 Å². The summed E-state index contributed by atoms with van der Waals surface area (Å²) in [5, 5.41) is 8.76. The molecule has 0 saturated heterocycles. The first-order chi connectivity index (χ1) is 5.04. The Morgan fingerprint density at radius 3 is 2.36 bits per heavy atom. The zero-order valence-electron chi connectivity index (χ0n) is 7.41. The molecule has 11 heavy (non-hydrogen) atoms. The van der Waals surface area contributed by atoms with Gasteiger partial charge in [0, 0.05) is 6.16 Å². The Hall–Kier alpha value is 0.150. The predicted octanol–water partition coefficient (Wildman–Crippen LogP) is 1.70. The molecular formula is C7H17O3P. The minimum Gasteiger partial charge on any atom is -0.389 e. The molecule has 0 aliphatic rings. The molecule has 0 spiro atoms. The van der Waals surface area contributed by atoms with Crippen molar-refractivity contribution in [3.05, 3.63) is 0 Å². The largest absolute Gasteiger partial charge is 0.389 e. The summed E-state index contributed by atoms with van der Waals surface area (Å²) in [4.78, 5) is 0. The van der Waals surface area contributed by atoms with Crippen LogP contribution in [0.25, 0.3) is 0 Å². The number of aliphatic hydroxyl groups is 1. The lowest BCUT2D eigenvalue weighted by Gasteiger charge is -2.15. The summed E-state index contributed by atoms with van der Waals surface area (Å²) in [6.07, 6.45) is 0.561. The van der Waals surface area contributed by atoms with Crippen LogP contribution < -0.4 is 0 Å². The van der Waals surface area contributed by atoms with E-state index < -0.39 is 7.14 Å². The molecule has 3 nitrogen and oxygen atoms in total. The maximum atomic E-state index is 11.5. The van der Waals surface area contributed by atoms with Gasteiger partial charge >= 0.3 is 0 Å². The first-order valence-corrected chi connectivity index (χ1v) is 6.10. The summed E-state index contributed by atoms with van der Waals surface area (Å²) in [5.74, 6) is 0. The van der Waals surface area contributed by atoms with Crippen LogP contribution in [0, 0.1) is 0 Å². The topological polar surface area (TPSA) is 46.5 Å². The summed E-state index contributed by atoms with van der Waals surface area (Å²) in [6.45, 7) is 5.58. The summed E-state index contributed by atoms with van der Waals surface area (Å²) in [5.41, 5.74) is 0. The second-order valence-corrected chi connectivity index (χ2v) is 6.15. The molecule has 0 aliphatic carbocycles. The van der Waals surface area contributed by atoms with Crippen molar-refractivity contribution in [2.45, 2.75) is 26.9 Å². The van der Waals surface area contributed by atoms with E-state index in [1.807, 2.05) is 13.8 Å². The molecule has 0 amide bonds. The summed E-state index contributed by atoms with van der Waals surface area (Å²) < 4.78 is 16.6. The van der Waals surface area contributed by atoms with Gasteiger partial charge in [0.05, 0.1) is 12.5 Å². The van der Waals surface area contributed by atoms with Crippen LogP contribution in [0.3, 0.4) is 0 Å². The van der Waals surface area contributed by atoms with E-state index in [9.17, 15) is 4.57 Å². The van der Waals surface area contributed by atoms with Crippen molar-refractivity contribution < 1.29 is 14.4 Å². The lowest BCUT2D eigenvalue weighted by molar-refractivity contribution is 0.113. The molecule has 0 fully saturated rings. The van der Waals surface area contributed by atoms with Crippen molar-refractivity contribution in [2.75, 3.05) is 18.9 Å². The minimum absolute atomic E-state index is 0.0847. The third-order valence-corrected chi connectivity index (χ3v) is 3.76. The van der Waals surface area contributed by atoms with Crippen LogP contribution >= 0.6 is 7.14 Å². The van der Waals surface area contributed by atoms with Crippen molar-refractivity contribution in [2.24, 2.45) is 0 Å². The molecule has 0 aromatic carbocycles. The van der Waals surface area contributed by atoms with Crippen LogP contribution in [-0.2, 0) is 9.30 Å². The average molecular weight is 180 g/mol. The van der Waals surface area contributed by atoms with Crippen molar-refractivity contribution in [3.8, 4) is 0 Å². The standard InChI is InChI=1S/C7H17O3P/c1-4-11(9,5-8)6-10-7(2)3/h7-8H,4-6H2,1-3H3. The summed E-state index contributed by atoms with van der Waals surface area (Å²) in [7, 11) is -2.40. The maximum Gasteiger partial charge on any atom is 0.136 e. The number of hydrogen-bond acceptors (Lipinski definition) is 3. The van der Waals surface area contributed by atoms with Crippen molar-refractivity contribution >= 4 is 7.14 Å². The van der Waals surface area contributed by atoms with Gasteiger partial charge in [-0.25, -0.2) is 0 Å². The highest BCUT2D eigenvalue weighted by Crippen LogP contribution is 2.43. The second kappa shape index (κ2) is 4.91. The van der Waals surface area contributed by atoms with Gasteiger partial charge in [0.1, 0.15) is 13.5 Å². The molecule has 0 bridgehead atoms. The molecular weight excluding hydrogens is 163 g/mol. The van der Waals surface area contributed by atoms with E-state index in [2.05, 4.69) is 0 Å². The summed E-state index contributed by atoms with van der Waals surface area (Å²) in [6, 6.07) is 0. The van der Waals surface area contributed by atoms with E-state index >= 15 is 0 Å². The van der Waals surface area contributed by atoms with Crippen LogP contribution in [0.2, 0.25) is 0 Å². The Kier molecular flexibility index (Phi) is 4.98. The fraction of sp³-hybridized carbons (Fsp3) is 1.00. The Morgan fingerprint density at radius 2 is 2.09 bits per heavy atom. The Morgan fingerprint density at radius 1 is 1.55 bits per heavy atom. The smallest absolute Gasteiger partial charge is 0.136 e. The Bertz CT molecular complexity index is 137.